The molecule has 5 atom stereocenters. The molecule has 0 aliphatic heterocycles. The number of carboxylic acid groups (broad SMARTS) is 1. The summed E-state index contributed by atoms with van der Waals surface area (Å²) in [4.78, 5) is 38.2. The number of carbonyl (C=O) groups is 3. The number of anilines is 1. The maximum Gasteiger partial charge on any atom is 0.341 e. The Balaban J connectivity index is 1.64. The molecule has 0 unspecified atom stereocenters. The fourth-order valence-electron chi connectivity index (χ4n) is 4.87. The van der Waals surface area contributed by atoms with Crippen LogP contribution in [0.2, 0.25) is 0 Å². The van der Waals surface area contributed by atoms with E-state index in [1.807, 2.05) is 12.2 Å². The highest BCUT2D eigenvalue weighted by Crippen LogP contribution is 2.49. The van der Waals surface area contributed by atoms with Gasteiger partial charge >= 0.3 is 11.9 Å². The Hall–Kier alpha value is -2.15. The minimum absolute atomic E-state index is 0.0488. The molecule has 1 amide bonds. The number of esters is 1. The summed E-state index contributed by atoms with van der Waals surface area (Å²) in [5.41, 5.74) is 1.42. The van der Waals surface area contributed by atoms with Crippen LogP contribution in [0.4, 0.5) is 5.00 Å². The molecule has 0 spiro atoms. The van der Waals surface area contributed by atoms with Crippen molar-refractivity contribution in [1.29, 1.82) is 0 Å². The average molecular weight is 389 g/mol. The molecule has 6 nitrogen and oxygen atoms in total. The van der Waals surface area contributed by atoms with Crippen molar-refractivity contribution in [3.05, 3.63) is 28.2 Å². The number of carbonyl (C=O) groups excluding carboxylic acids is 2. The molecular weight excluding hydrogens is 366 g/mol. The Morgan fingerprint density at radius 1 is 1.22 bits per heavy atom. The van der Waals surface area contributed by atoms with Crippen LogP contribution in [-0.2, 0) is 27.2 Å². The third kappa shape index (κ3) is 2.98. The number of methoxy groups -OCH3 is 1. The molecule has 2 N–H and O–H groups in total. The lowest BCUT2D eigenvalue weighted by atomic mass is 9.82. The fourth-order valence-corrected chi connectivity index (χ4v) is 6.27. The number of carboxylic acids is 1. The van der Waals surface area contributed by atoms with Gasteiger partial charge in [0.25, 0.3) is 0 Å². The molecule has 1 aromatic heterocycles. The van der Waals surface area contributed by atoms with Crippen LogP contribution in [0.25, 0.3) is 0 Å². The highest BCUT2D eigenvalue weighted by atomic mass is 32.1. The molecule has 2 bridgehead atoms. The zero-order chi connectivity index (χ0) is 19.3. The lowest BCUT2D eigenvalue weighted by molar-refractivity contribution is -0.146. The summed E-state index contributed by atoms with van der Waals surface area (Å²) in [6.45, 7) is 2.18. The zero-order valence-corrected chi connectivity index (χ0v) is 16.2. The molecule has 1 fully saturated rings. The van der Waals surface area contributed by atoms with Gasteiger partial charge in [0.15, 0.2) is 0 Å². The van der Waals surface area contributed by atoms with Crippen LogP contribution in [-0.4, -0.2) is 30.1 Å². The maximum absolute atomic E-state index is 13.0. The number of aliphatic carboxylic acids is 1. The number of thiophene rings is 1. The van der Waals surface area contributed by atoms with Crippen molar-refractivity contribution in [1.82, 2.24) is 0 Å². The van der Waals surface area contributed by atoms with Gasteiger partial charge in [0.1, 0.15) is 5.00 Å². The summed E-state index contributed by atoms with van der Waals surface area (Å²) < 4.78 is 4.96. The van der Waals surface area contributed by atoms with Crippen LogP contribution in [0.3, 0.4) is 0 Å². The van der Waals surface area contributed by atoms with Gasteiger partial charge in [0.05, 0.1) is 24.5 Å². The first-order valence-electron chi connectivity index (χ1n) is 9.35. The second-order valence-corrected chi connectivity index (χ2v) is 8.98. The van der Waals surface area contributed by atoms with Gasteiger partial charge in [-0.3, -0.25) is 9.59 Å². The second-order valence-electron chi connectivity index (χ2n) is 7.87. The number of amides is 1. The van der Waals surface area contributed by atoms with Gasteiger partial charge < -0.3 is 15.2 Å². The van der Waals surface area contributed by atoms with Gasteiger partial charge in [-0.15, -0.1) is 11.3 Å². The van der Waals surface area contributed by atoms with Crippen LogP contribution in [0.15, 0.2) is 12.2 Å². The molecular formula is C20H23NO5S. The molecule has 0 saturated heterocycles. The van der Waals surface area contributed by atoms with Crippen molar-refractivity contribution in [3.8, 4) is 0 Å². The number of fused-ring (bicyclic) bond motifs is 3. The molecule has 1 heterocycles. The molecule has 1 aromatic rings. The minimum atomic E-state index is -0.931. The summed E-state index contributed by atoms with van der Waals surface area (Å²) >= 11 is 1.43. The molecule has 0 aromatic carbocycles. The lowest BCUT2D eigenvalue weighted by Gasteiger charge is -2.23. The number of nitrogens with one attached hydrogen (secondary N) is 1. The Labute approximate surface area is 161 Å². The topological polar surface area (TPSA) is 92.7 Å². The Morgan fingerprint density at radius 2 is 1.93 bits per heavy atom. The summed E-state index contributed by atoms with van der Waals surface area (Å²) in [5.74, 6) is -2.57. The van der Waals surface area contributed by atoms with Crippen molar-refractivity contribution in [2.75, 3.05) is 12.4 Å². The van der Waals surface area contributed by atoms with Gasteiger partial charge in [-0.2, -0.15) is 0 Å². The van der Waals surface area contributed by atoms with Crippen molar-refractivity contribution in [2.24, 2.45) is 29.6 Å². The van der Waals surface area contributed by atoms with Crippen molar-refractivity contribution in [3.63, 3.8) is 0 Å². The van der Waals surface area contributed by atoms with Crippen LogP contribution < -0.4 is 5.32 Å². The molecule has 7 heteroatoms. The van der Waals surface area contributed by atoms with Crippen LogP contribution in [0, 0.1) is 29.6 Å². The van der Waals surface area contributed by atoms with Gasteiger partial charge in [0.2, 0.25) is 5.91 Å². The molecule has 4 rings (SSSR count). The van der Waals surface area contributed by atoms with E-state index < -0.39 is 23.8 Å². The van der Waals surface area contributed by atoms with E-state index in [1.165, 1.54) is 18.4 Å². The first-order chi connectivity index (χ1) is 12.9. The van der Waals surface area contributed by atoms with E-state index in [2.05, 4.69) is 12.2 Å². The smallest absolute Gasteiger partial charge is 0.341 e. The van der Waals surface area contributed by atoms with Gasteiger partial charge in [-0.1, -0.05) is 19.1 Å². The molecule has 3 aliphatic carbocycles. The fraction of sp³-hybridized carbons (Fsp3) is 0.550. The number of hydrogen-bond acceptors (Lipinski definition) is 5. The molecule has 144 valence electrons. The first kappa shape index (κ1) is 18.2. The van der Waals surface area contributed by atoms with E-state index in [0.717, 1.165) is 29.7 Å². The summed E-state index contributed by atoms with van der Waals surface area (Å²) in [6, 6.07) is 0. The van der Waals surface area contributed by atoms with E-state index in [0.29, 0.717) is 22.9 Å². The van der Waals surface area contributed by atoms with Gasteiger partial charge in [-0.25, -0.2) is 4.79 Å². The third-order valence-electron chi connectivity index (χ3n) is 6.19. The predicted octanol–water partition coefficient (Wildman–Crippen LogP) is 3.12. The third-order valence-corrected chi connectivity index (χ3v) is 7.35. The number of allylic oxidation sites excluding steroid dienone is 2. The van der Waals surface area contributed by atoms with E-state index in [4.69, 9.17) is 4.74 Å². The SMILES string of the molecule is COC(=O)c1c(NC(=O)[C@H]2[C@@H](C(=O)O)[C@H]3C=C[C@H]2C3)sc2c1CC[C@@H](C)C2. The highest BCUT2D eigenvalue weighted by Gasteiger charge is 2.51. The number of rotatable bonds is 4. The van der Waals surface area contributed by atoms with Crippen molar-refractivity contribution >= 4 is 34.2 Å². The highest BCUT2D eigenvalue weighted by molar-refractivity contribution is 7.17. The van der Waals surface area contributed by atoms with Gasteiger partial charge in [0, 0.05) is 4.88 Å². The monoisotopic (exact) mass is 389 g/mol. The van der Waals surface area contributed by atoms with E-state index >= 15 is 0 Å². The normalized spacial score (nSPS) is 30.8. The molecule has 0 radical (unpaired) electrons. The second kappa shape index (κ2) is 6.78. The van der Waals surface area contributed by atoms with Crippen LogP contribution in [0.5, 0.6) is 0 Å². The minimum Gasteiger partial charge on any atom is -0.481 e. The molecule has 1 saturated carbocycles. The number of ether oxygens (including phenoxy) is 1. The average Bonchev–Trinajstić information content (AvgIpc) is 3.32. The number of hydrogen-bond donors (Lipinski definition) is 2. The van der Waals surface area contributed by atoms with Crippen molar-refractivity contribution < 1.29 is 24.2 Å². The van der Waals surface area contributed by atoms with Crippen LogP contribution in [0.1, 0.15) is 40.6 Å². The quantitative estimate of drug-likeness (QED) is 0.610. The molecule has 3 aliphatic rings. The predicted molar refractivity (Wildman–Crippen MR) is 101 cm³/mol. The maximum atomic E-state index is 13.0. The van der Waals surface area contributed by atoms with Gasteiger partial charge in [-0.05, 0) is 49.0 Å². The van der Waals surface area contributed by atoms with E-state index in [1.54, 1.807) is 0 Å². The summed E-state index contributed by atoms with van der Waals surface area (Å²) in [5, 5.41) is 13.0. The first-order valence-corrected chi connectivity index (χ1v) is 10.2. The van der Waals surface area contributed by atoms with E-state index in [-0.39, 0.29) is 17.7 Å². The molecule has 27 heavy (non-hydrogen) atoms. The summed E-state index contributed by atoms with van der Waals surface area (Å²) in [6.07, 6.45) is 7.25. The Morgan fingerprint density at radius 3 is 2.59 bits per heavy atom. The van der Waals surface area contributed by atoms with E-state index in [9.17, 15) is 19.5 Å². The Kier molecular flexibility index (Phi) is 4.58. The Bertz CT molecular complexity index is 842. The van der Waals surface area contributed by atoms with Crippen molar-refractivity contribution in [2.45, 2.75) is 32.6 Å². The van der Waals surface area contributed by atoms with Crippen LogP contribution >= 0.6 is 11.3 Å². The zero-order valence-electron chi connectivity index (χ0n) is 15.4. The summed E-state index contributed by atoms with van der Waals surface area (Å²) in [7, 11) is 1.34. The standard InChI is InChI=1S/C20H23NO5S/c1-9-3-6-12-13(7-9)27-18(16(12)20(25)26-2)21-17(22)14-10-4-5-11(8-10)15(14)19(23)24/h4-5,9-11,14-15H,3,6-8H2,1-2H3,(H,21,22)(H,23,24)/t9-,10+,11+,14-,15+/m1/s1. The lowest BCUT2D eigenvalue weighted by Crippen LogP contribution is -2.36. The largest absolute Gasteiger partial charge is 0.481 e.